The topological polar surface area (TPSA) is 106 Å². The molecular formula is C24H27Cl2N3O5S. The second-order valence-corrected chi connectivity index (χ2v) is 13.1. The van der Waals surface area contributed by atoms with Crippen LogP contribution in [0.1, 0.15) is 50.4 Å². The van der Waals surface area contributed by atoms with E-state index in [1.54, 1.807) is 4.31 Å². The van der Waals surface area contributed by atoms with Crippen LogP contribution in [0.4, 0.5) is 5.82 Å². The Bertz CT molecular complexity index is 1280. The fraction of sp³-hybridized carbons (Fsp3) is 0.458. The first-order chi connectivity index (χ1) is 16.3. The monoisotopic (exact) mass is 539 g/mol. The minimum Gasteiger partial charge on any atom is -0.452 e. The molecule has 8 nitrogen and oxygen atoms in total. The Balaban J connectivity index is 1.44. The number of carbonyl (C=O) groups is 2. The number of nitrogens with zero attached hydrogens (tertiary/aromatic N) is 2. The van der Waals surface area contributed by atoms with E-state index in [1.807, 2.05) is 0 Å². The van der Waals surface area contributed by atoms with E-state index < -0.39 is 28.5 Å². The molecule has 0 radical (unpaired) electrons. The third-order valence-electron chi connectivity index (χ3n) is 6.44. The van der Waals surface area contributed by atoms with Crippen molar-refractivity contribution in [2.75, 3.05) is 18.5 Å². The number of ether oxygens (including phenoxy) is 1. The van der Waals surface area contributed by atoms with Gasteiger partial charge in [-0.2, -0.15) is 4.31 Å². The van der Waals surface area contributed by atoms with Crippen molar-refractivity contribution in [2.45, 2.75) is 51.0 Å². The van der Waals surface area contributed by atoms with Gasteiger partial charge in [-0.25, -0.2) is 18.2 Å². The fourth-order valence-corrected chi connectivity index (χ4v) is 7.74. The van der Waals surface area contributed by atoms with E-state index in [9.17, 15) is 18.0 Å². The van der Waals surface area contributed by atoms with E-state index in [2.05, 4.69) is 31.1 Å². The van der Waals surface area contributed by atoms with Crippen molar-refractivity contribution in [2.24, 2.45) is 10.8 Å². The summed E-state index contributed by atoms with van der Waals surface area (Å²) >= 11 is 11.8. The highest BCUT2D eigenvalue weighted by Gasteiger charge is 2.53. The number of halogens is 2. The molecule has 4 rings (SSSR count). The third kappa shape index (κ3) is 5.63. The van der Waals surface area contributed by atoms with Gasteiger partial charge in [-0.3, -0.25) is 4.79 Å². The van der Waals surface area contributed by atoms with Crippen LogP contribution in [0.5, 0.6) is 0 Å². The number of pyridine rings is 1. The molecule has 1 aliphatic heterocycles. The summed E-state index contributed by atoms with van der Waals surface area (Å²) in [5.41, 5.74) is 0.0424. The van der Waals surface area contributed by atoms with Crippen LogP contribution >= 0.6 is 23.2 Å². The summed E-state index contributed by atoms with van der Waals surface area (Å²) in [6, 6.07) is 7.06. The molecular weight excluding hydrogens is 513 g/mol. The van der Waals surface area contributed by atoms with Crippen molar-refractivity contribution in [3.8, 4) is 0 Å². The van der Waals surface area contributed by atoms with Gasteiger partial charge in [0.1, 0.15) is 0 Å². The first-order valence-electron chi connectivity index (χ1n) is 11.2. The number of anilines is 1. The van der Waals surface area contributed by atoms with Crippen molar-refractivity contribution in [1.29, 1.82) is 0 Å². The largest absolute Gasteiger partial charge is 0.452 e. The lowest BCUT2D eigenvalue weighted by molar-refractivity contribution is -0.119. The van der Waals surface area contributed by atoms with Gasteiger partial charge < -0.3 is 10.1 Å². The second-order valence-electron chi connectivity index (χ2n) is 10.4. The van der Waals surface area contributed by atoms with Crippen LogP contribution in [-0.4, -0.2) is 48.8 Å². The quantitative estimate of drug-likeness (QED) is 0.529. The normalized spacial score (nSPS) is 23.6. The zero-order valence-corrected chi connectivity index (χ0v) is 22.0. The van der Waals surface area contributed by atoms with Crippen LogP contribution in [0.25, 0.3) is 0 Å². The van der Waals surface area contributed by atoms with E-state index in [4.69, 9.17) is 27.9 Å². The highest BCUT2D eigenvalue weighted by molar-refractivity contribution is 7.89. The van der Waals surface area contributed by atoms with Crippen LogP contribution in [-0.2, 0) is 19.6 Å². The zero-order chi connectivity index (χ0) is 25.6. The molecule has 2 heterocycles. The molecule has 2 atom stereocenters. The van der Waals surface area contributed by atoms with Gasteiger partial charge >= 0.3 is 5.97 Å². The number of hydrogen-bond donors (Lipinski definition) is 1. The summed E-state index contributed by atoms with van der Waals surface area (Å²) < 4.78 is 33.7. The lowest BCUT2D eigenvalue weighted by Gasteiger charge is -2.39. The smallest absolute Gasteiger partial charge is 0.338 e. The second kappa shape index (κ2) is 9.35. The van der Waals surface area contributed by atoms with Crippen LogP contribution in [0, 0.1) is 10.8 Å². The first-order valence-corrected chi connectivity index (χ1v) is 13.4. The molecule has 2 fully saturated rings. The standard InChI is InChI=1S/C24H27Cl2N3O5S/c1-23(2)9-17-10-24(3,13-23)14-29(17)35(32,33)18-6-4-5-15(7-18)22(31)34-12-20(30)28-21-19(26)8-16(25)11-27-21/h4-8,11,17H,9-10,12-14H2,1-3H3,(H,27,28,30). The third-order valence-corrected chi connectivity index (χ3v) is 8.83. The van der Waals surface area contributed by atoms with Gasteiger partial charge in [0.25, 0.3) is 5.91 Å². The molecule has 2 aliphatic rings. The van der Waals surface area contributed by atoms with Gasteiger partial charge in [-0.1, -0.05) is 50.0 Å². The average Bonchev–Trinajstić information content (AvgIpc) is 3.03. The summed E-state index contributed by atoms with van der Waals surface area (Å²) in [5, 5.41) is 2.88. The van der Waals surface area contributed by atoms with Gasteiger partial charge in [0.05, 0.1) is 20.5 Å². The molecule has 188 valence electrons. The van der Waals surface area contributed by atoms with E-state index in [1.165, 1.54) is 36.5 Å². The lowest BCUT2D eigenvalue weighted by atomic mass is 9.65. The molecule has 1 saturated heterocycles. The van der Waals surface area contributed by atoms with Crippen LogP contribution in [0.3, 0.4) is 0 Å². The van der Waals surface area contributed by atoms with E-state index in [0.29, 0.717) is 11.6 Å². The lowest BCUT2D eigenvalue weighted by Crippen LogP contribution is -2.37. The van der Waals surface area contributed by atoms with Crippen molar-refractivity contribution in [1.82, 2.24) is 9.29 Å². The Labute approximate surface area is 215 Å². The average molecular weight is 540 g/mol. The molecule has 1 aromatic heterocycles. The highest BCUT2D eigenvalue weighted by Crippen LogP contribution is 2.53. The van der Waals surface area contributed by atoms with E-state index in [-0.39, 0.29) is 38.2 Å². The van der Waals surface area contributed by atoms with Crippen LogP contribution in [0.2, 0.25) is 10.0 Å². The highest BCUT2D eigenvalue weighted by atomic mass is 35.5. The summed E-state index contributed by atoms with van der Waals surface area (Å²) in [5.74, 6) is -1.39. The summed E-state index contributed by atoms with van der Waals surface area (Å²) in [4.78, 5) is 28.7. The van der Waals surface area contributed by atoms with Crippen molar-refractivity contribution < 1.29 is 22.7 Å². The number of carbonyl (C=O) groups excluding carboxylic acids is 2. The Morgan fingerprint density at radius 3 is 2.66 bits per heavy atom. The fourth-order valence-electron chi connectivity index (χ4n) is 5.50. The Kier molecular flexibility index (Phi) is 6.91. The van der Waals surface area contributed by atoms with Gasteiger partial charge in [-0.05, 0) is 54.4 Å². The van der Waals surface area contributed by atoms with Crippen molar-refractivity contribution in [3.05, 3.63) is 52.1 Å². The van der Waals surface area contributed by atoms with Gasteiger partial charge in [0.2, 0.25) is 10.0 Å². The van der Waals surface area contributed by atoms with Crippen LogP contribution < -0.4 is 5.32 Å². The number of sulfonamides is 1. The van der Waals surface area contributed by atoms with E-state index in [0.717, 1.165) is 19.3 Å². The predicted octanol–water partition coefficient (Wildman–Crippen LogP) is 4.77. The van der Waals surface area contributed by atoms with Crippen molar-refractivity contribution in [3.63, 3.8) is 0 Å². The maximum atomic E-state index is 13.5. The minimum atomic E-state index is -3.80. The number of benzene rings is 1. The molecule has 11 heteroatoms. The molecule has 0 spiro atoms. The summed E-state index contributed by atoms with van der Waals surface area (Å²) in [6.45, 7) is 6.36. The number of amides is 1. The molecule has 2 unspecified atom stereocenters. The molecule has 1 aromatic carbocycles. The molecule has 2 bridgehead atoms. The summed E-state index contributed by atoms with van der Waals surface area (Å²) in [6.07, 6.45) is 3.91. The van der Waals surface area contributed by atoms with Crippen molar-refractivity contribution >= 4 is 50.9 Å². The molecule has 35 heavy (non-hydrogen) atoms. The number of fused-ring (bicyclic) bond motifs is 2. The number of rotatable bonds is 6. The van der Waals surface area contributed by atoms with Gasteiger partial charge in [0.15, 0.2) is 12.4 Å². The molecule has 1 amide bonds. The number of nitrogens with one attached hydrogen (secondary N) is 1. The zero-order valence-electron chi connectivity index (χ0n) is 19.7. The molecule has 1 saturated carbocycles. The molecule has 1 N–H and O–H groups in total. The molecule has 2 aromatic rings. The Morgan fingerprint density at radius 2 is 1.94 bits per heavy atom. The minimum absolute atomic E-state index is 0.0301. The Hall–Kier alpha value is -2.20. The molecule has 1 aliphatic carbocycles. The SMILES string of the molecule is CC1(C)CC2CC(C)(CN2S(=O)(=O)c2cccc(C(=O)OCC(=O)Nc3ncc(Cl)cc3Cl)c2)C1. The van der Waals surface area contributed by atoms with Gasteiger partial charge in [0, 0.05) is 18.8 Å². The van der Waals surface area contributed by atoms with E-state index >= 15 is 0 Å². The van der Waals surface area contributed by atoms with Gasteiger partial charge in [-0.15, -0.1) is 0 Å². The maximum absolute atomic E-state index is 13.5. The predicted molar refractivity (Wildman–Crippen MR) is 133 cm³/mol. The Morgan fingerprint density at radius 1 is 1.20 bits per heavy atom. The number of hydrogen-bond acceptors (Lipinski definition) is 6. The number of esters is 1. The van der Waals surface area contributed by atoms with Crippen LogP contribution in [0.15, 0.2) is 41.4 Å². The first kappa shape index (κ1) is 25.9. The number of aromatic nitrogens is 1. The summed E-state index contributed by atoms with van der Waals surface area (Å²) in [7, 11) is -3.80. The maximum Gasteiger partial charge on any atom is 0.338 e.